The third kappa shape index (κ3) is 6.11. The molecule has 207 valence electrons. The van der Waals surface area contributed by atoms with Crippen LogP contribution >= 0.6 is 7.14 Å². The van der Waals surface area contributed by atoms with E-state index in [9.17, 15) is 14.8 Å². The molecule has 0 amide bonds. The van der Waals surface area contributed by atoms with Gasteiger partial charge in [-0.3, -0.25) is 0 Å². The van der Waals surface area contributed by atoms with Crippen LogP contribution in [0.4, 0.5) is 0 Å². The van der Waals surface area contributed by atoms with Crippen molar-refractivity contribution in [3.63, 3.8) is 0 Å². The Kier molecular flexibility index (Phi) is 9.65. The molecule has 0 aliphatic carbocycles. The van der Waals surface area contributed by atoms with Crippen LogP contribution in [0.3, 0.4) is 0 Å². The van der Waals surface area contributed by atoms with Crippen molar-refractivity contribution in [2.75, 3.05) is 0 Å². The first-order valence-electron chi connectivity index (χ1n) is 13.8. The van der Waals surface area contributed by atoms with Gasteiger partial charge in [-0.1, -0.05) is 152 Å². The van der Waals surface area contributed by atoms with Crippen LogP contribution in [0.15, 0.2) is 164 Å². The standard InChI is InChI=1S/C20H14O2.C18H15OP.La/c21-17-11-9-13-5-1-3-7-15(13)19(17)20-16-8-4-2-6-14(16)10-12-18(20)22;19-20(16-10-4-1-5-11-16,17-12-6-2-7-13-17)18-14-8-3-9-15-18;/h1-12,21-22H;1-15H;. The maximum atomic E-state index is 13.8. The molecule has 0 heterocycles. The van der Waals surface area contributed by atoms with E-state index >= 15 is 0 Å². The molecule has 0 atom stereocenters. The normalized spacial score (nSPS) is 10.9. The van der Waals surface area contributed by atoms with Crippen LogP contribution < -0.4 is 15.9 Å². The first-order chi connectivity index (χ1) is 20.6. The topological polar surface area (TPSA) is 57.5 Å². The maximum Gasteiger partial charge on any atom is 0.171 e. The molecule has 0 saturated carbocycles. The van der Waals surface area contributed by atoms with Gasteiger partial charge in [-0.05, 0) is 33.7 Å². The predicted molar refractivity (Wildman–Crippen MR) is 176 cm³/mol. The van der Waals surface area contributed by atoms with Gasteiger partial charge in [-0.15, -0.1) is 0 Å². The molecule has 3 nitrogen and oxygen atoms in total. The Morgan fingerprint density at radius 2 is 0.674 bits per heavy atom. The van der Waals surface area contributed by atoms with Gasteiger partial charge in [-0.25, -0.2) is 0 Å². The van der Waals surface area contributed by atoms with Crippen molar-refractivity contribution in [2.24, 2.45) is 0 Å². The molecule has 0 unspecified atom stereocenters. The molecule has 0 bridgehead atoms. The third-order valence-electron chi connectivity index (χ3n) is 7.42. The van der Waals surface area contributed by atoms with E-state index in [2.05, 4.69) is 0 Å². The van der Waals surface area contributed by atoms with E-state index in [0.717, 1.165) is 37.5 Å². The van der Waals surface area contributed by atoms with Gasteiger partial charge in [0.1, 0.15) is 11.5 Å². The smallest absolute Gasteiger partial charge is 0.171 e. The zero-order chi connectivity index (χ0) is 28.9. The number of benzene rings is 7. The molecule has 7 aromatic carbocycles. The van der Waals surface area contributed by atoms with Crippen molar-refractivity contribution < 1.29 is 50.4 Å². The molecule has 7 rings (SSSR count). The third-order valence-corrected chi connectivity index (χ3v) is 10.5. The van der Waals surface area contributed by atoms with Crippen molar-refractivity contribution in [3.8, 4) is 22.6 Å². The summed E-state index contributed by atoms with van der Waals surface area (Å²) in [5.41, 5.74) is 1.35. The average molecular weight is 704 g/mol. The summed E-state index contributed by atoms with van der Waals surface area (Å²) in [5.74, 6) is 0.343. The van der Waals surface area contributed by atoms with Crippen LogP contribution in [0.1, 0.15) is 0 Å². The van der Waals surface area contributed by atoms with Gasteiger partial charge in [-0.2, -0.15) is 0 Å². The monoisotopic (exact) mass is 703 g/mol. The second-order valence-electron chi connectivity index (χ2n) is 9.98. The molecule has 7 aromatic rings. The fourth-order valence-corrected chi connectivity index (χ4v) is 8.08. The van der Waals surface area contributed by atoms with E-state index in [1.54, 1.807) is 12.1 Å². The van der Waals surface area contributed by atoms with Gasteiger partial charge >= 0.3 is 0 Å². The van der Waals surface area contributed by atoms with E-state index in [0.29, 0.717) is 11.1 Å². The van der Waals surface area contributed by atoms with Crippen molar-refractivity contribution in [3.05, 3.63) is 164 Å². The predicted octanol–water partition coefficient (Wildman–Crippen LogP) is 8.40. The van der Waals surface area contributed by atoms with E-state index in [1.165, 1.54) is 0 Å². The summed E-state index contributed by atoms with van der Waals surface area (Å²) in [4.78, 5) is 0. The minimum atomic E-state index is -2.78. The van der Waals surface area contributed by atoms with Crippen molar-refractivity contribution in [1.82, 2.24) is 0 Å². The van der Waals surface area contributed by atoms with Gasteiger partial charge in [0.05, 0.1) is 0 Å². The fraction of sp³-hybridized carbons (Fsp3) is 0. The Hall–Kier alpha value is -3.92. The SMILES string of the molecule is O=P(c1ccccc1)(c1ccccc1)c1ccccc1.Oc1ccc2ccccc2c1-c1c(O)ccc2ccccc12.[La]. The van der Waals surface area contributed by atoms with Crippen molar-refractivity contribution >= 4 is 44.6 Å². The summed E-state index contributed by atoms with van der Waals surface area (Å²) in [6.07, 6.45) is 0. The maximum absolute atomic E-state index is 13.8. The van der Waals surface area contributed by atoms with Crippen LogP contribution in [0, 0.1) is 35.6 Å². The number of aromatic hydroxyl groups is 2. The number of hydrogen-bond acceptors (Lipinski definition) is 3. The van der Waals surface area contributed by atoms with Crippen LogP contribution in [0.25, 0.3) is 32.7 Å². The molecular weight excluding hydrogens is 674 g/mol. The summed E-state index contributed by atoms with van der Waals surface area (Å²) in [7, 11) is -2.78. The molecule has 0 saturated heterocycles. The van der Waals surface area contributed by atoms with Crippen LogP contribution in [-0.2, 0) is 4.57 Å². The Bertz CT molecular complexity index is 1840. The van der Waals surface area contributed by atoms with Gasteiger partial charge < -0.3 is 14.8 Å². The molecule has 2 N–H and O–H groups in total. The van der Waals surface area contributed by atoms with Crippen molar-refractivity contribution in [2.45, 2.75) is 0 Å². The zero-order valence-electron chi connectivity index (χ0n) is 23.4. The fourth-order valence-electron chi connectivity index (χ4n) is 5.41. The Morgan fingerprint density at radius 3 is 1.02 bits per heavy atom. The number of phenols is 2. The molecule has 0 spiro atoms. The van der Waals surface area contributed by atoms with Crippen LogP contribution in [0.2, 0.25) is 0 Å². The second kappa shape index (κ2) is 13.6. The first-order valence-corrected chi connectivity index (χ1v) is 15.5. The van der Waals surface area contributed by atoms with E-state index in [1.807, 2.05) is 152 Å². The molecule has 0 aliphatic heterocycles. The van der Waals surface area contributed by atoms with Gasteiger partial charge in [0, 0.05) is 62.6 Å². The quantitative estimate of drug-likeness (QED) is 0.181. The minimum absolute atomic E-state index is 0. The number of hydrogen-bond donors (Lipinski definition) is 2. The Balaban J connectivity index is 0.000000168. The second-order valence-corrected chi connectivity index (χ2v) is 12.7. The van der Waals surface area contributed by atoms with Gasteiger partial charge in [0.25, 0.3) is 0 Å². The van der Waals surface area contributed by atoms with E-state index < -0.39 is 7.14 Å². The zero-order valence-corrected chi connectivity index (χ0v) is 27.9. The number of phenolic OH excluding ortho intramolecular Hbond substituents is 2. The van der Waals surface area contributed by atoms with Crippen molar-refractivity contribution in [1.29, 1.82) is 0 Å². The summed E-state index contributed by atoms with van der Waals surface area (Å²) in [6.45, 7) is 0. The number of rotatable bonds is 4. The minimum Gasteiger partial charge on any atom is -0.507 e. The largest absolute Gasteiger partial charge is 0.507 e. The summed E-state index contributed by atoms with van der Waals surface area (Å²) in [6, 6.07) is 52.0. The van der Waals surface area contributed by atoms with E-state index in [-0.39, 0.29) is 47.1 Å². The summed E-state index contributed by atoms with van der Waals surface area (Å²) in [5, 5.41) is 27.4. The summed E-state index contributed by atoms with van der Waals surface area (Å²) >= 11 is 0. The van der Waals surface area contributed by atoms with Crippen LogP contribution in [0.5, 0.6) is 11.5 Å². The Labute approximate surface area is 279 Å². The van der Waals surface area contributed by atoms with Gasteiger partial charge in [0.2, 0.25) is 0 Å². The molecular formula is C38H29LaO3P. The Morgan fingerprint density at radius 1 is 0.372 bits per heavy atom. The molecule has 1 radical (unpaired) electrons. The van der Waals surface area contributed by atoms with Crippen LogP contribution in [-0.4, -0.2) is 10.2 Å². The molecule has 43 heavy (non-hydrogen) atoms. The molecule has 0 aliphatic rings. The van der Waals surface area contributed by atoms with Gasteiger partial charge in [0.15, 0.2) is 7.14 Å². The van der Waals surface area contributed by atoms with E-state index in [4.69, 9.17) is 0 Å². The average Bonchev–Trinajstić information content (AvgIpc) is 3.06. The molecule has 0 aromatic heterocycles. The molecule has 5 heteroatoms. The summed E-state index contributed by atoms with van der Waals surface area (Å²) < 4.78 is 13.8. The first kappa shape index (κ1) is 30.5. The molecule has 0 fully saturated rings. The number of fused-ring (bicyclic) bond motifs is 2.